The van der Waals surface area contributed by atoms with Crippen LogP contribution in [0.1, 0.15) is 37.6 Å². The molecule has 0 spiro atoms. The van der Waals surface area contributed by atoms with Crippen LogP contribution in [-0.4, -0.2) is 48.4 Å². The highest BCUT2D eigenvalue weighted by atomic mass is 32.1. The second-order valence-corrected chi connectivity index (χ2v) is 14.7. The molecule has 1 N–H and O–H groups in total. The van der Waals surface area contributed by atoms with Crippen molar-refractivity contribution in [3.05, 3.63) is 61.7 Å². The fraction of sp³-hybridized carbons (Fsp3) is 0.350. The van der Waals surface area contributed by atoms with E-state index in [2.05, 4.69) is 34.3 Å². The summed E-state index contributed by atoms with van der Waals surface area (Å²) >= 11 is 1.05. The first-order chi connectivity index (χ1) is 14.6. The van der Waals surface area contributed by atoms with Gasteiger partial charge in [0, 0.05) is 30.6 Å². The van der Waals surface area contributed by atoms with E-state index in [0.717, 1.165) is 17.4 Å². The third-order valence-electron chi connectivity index (χ3n) is 4.65. The normalized spacial score (nSPS) is 12.6. The maximum absolute atomic E-state index is 12.9. The zero-order chi connectivity index (χ0) is 22.8. The number of aromatic nitrogens is 2. The van der Waals surface area contributed by atoms with Gasteiger partial charge >= 0.3 is 12.2 Å². The topological polar surface area (TPSA) is 124 Å². The molecule has 11 heteroatoms. The van der Waals surface area contributed by atoms with Gasteiger partial charge in [-0.2, -0.15) is 0 Å². The lowest BCUT2D eigenvalue weighted by molar-refractivity contribution is -0.583. The number of thiazole rings is 1. The molecule has 1 atom stereocenters. The Balaban J connectivity index is 1.84. The summed E-state index contributed by atoms with van der Waals surface area (Å²) in [5.41, 5.74) is 1.41. The first-order valence-electron chi connectivity index (χ1n) is 9.55. The molecule has 3 rings (SSSR count). The molecule has 0 fully saturated rings. The lowest BCUT2D eigenvalue weighted by Crippen LogP contribution is -2.24. The van der Waals surface area contributed by atoms with Crippen molar-refractivity contribution in [1.29, 1.82) is 0 Å². The summed E-state index contributed by atoms with van der Waals surface area (Å²) in [6.45, 7) is 6.85. The summed E-state index contributed by atoms with van der Waals surface area (Å²) < 4.78 is 10.2. The van der Waals surface area contributed by atoms with Crippen molar-refractivity contribution in [3.63, 3.8) is 0 Å². The molecular weight excluding hydrogens is 438 g/mol. The number of methoxy groups -OCH3 is 1. The van der Waals surface area contributed by atoms with Crippen LogP contribution in [0.4, 0.5) is 0 Å². The van der Waals surface area contributed by atoms with Crippen molar-refractivity contribution in [3.8, 4) is 0 Å². The minimum absolute atomic E-state index is 0.0715. The molecule has 0 aliphatic rings. The lowest BCUT2D eigenvalue weighted by Gasteiger charge is -2.17. The number of hydrogen-bond acceptors (Lipinski definition) is 8. The molecule has 1 aromatic carbocycles. The number of carbonyl (C=O) groups excluding carboxylic acids is 2. The molecule has 2 heterocycles. The number of hydrogen-bond donors (Lipinski definition) is 1. The Morgan fingerprint density at radius 2 is 2.06 bits per heavy atom. The van der Waals surface area contributed by atoms with Gasteiger partial charge in [-0.3, -0.25) is 14.9 Å². The molecular formula is C20H23N3O6SSi. The zero-order valence-electron chi connectivity index (χ0n) is 17.6. The summed E-state index contributed by atoms with van der Waals surface area (Å²) in [4.78, 5) is 42.6. The number of nitrogens with zero attached hydrogens (tertiary/aromatic N) is 2. The number of carbonyl (C=O) groups is 2. The van der Waals surface area contributed by atoms with Crippen molar-refractivity contribution in [2.24, 2.45) is 0 Å². The fourth-order valence-corrected chi connectivity index (χ4v) is 4.40. The van der Waals surface area contributed by atoms with E-state index >= 15 is 0 Å². The average Bonchev–Trinajstić information content (AvgIpc) is 3.36. The van der Waals surface area contributed by atoms with Gasteiger partial charge in [0.25, 0.3) is 0 Å². The summed E-state index contributed by atoms with van der Waals surface area (Å²) in [7, 11) is -0.135. The highest BCUT2D eigenvalue weighted by molar-refractivity contribution is 7.12. The van der Waals surface area contributed by atoms with Crippen LogP contribution in [0.25, 0.3) is 10.9 Å². The Kier molecular flexibility index (Phi) is 6.67. The third kappa shape index (κ3) is 5.24. The number of ketones is 1. The lowest BCUT2D eigenvalue weighted by atomic mass is 10.1. The molecule has 0 aliphatic heterocycles. The van der Waals surface area contributed by atoms with Crippen LogP contribution in [0.15, 0.2) is 29.8 Å². The Hall–Kier alpha value is -2.89. The number of H-pyrrole nitrogens is 1. The Bertz CT molecular complexity index is 1130. The molecule has 1 unspecified atom stereocenters. The molecule has 0 aliphatic carbocycles. The number of ether oxygens (including phenoxy) is 2. The number of aromatic amines is 1. The van der Waals surface area contributed by atoms with Gasteiger partial charge in [-0.25, -0.2) is 9.78 Å². The fourth-order valence-electron chi connectivity index (χ4n) is 2.93. The molecule has 9 nitrogen and oxygen atoms in total. The molecule has 0 amide bonds. The minimum Gasteiger partial charge on any atom is -0.464 e. The molecule has 0 radical (unpaired) electrons. The van der Waals surface area contributed by atoms with Crippen LogP contribution in [0.3, 0.4) is 0 Å². The molecule has 0 saturated carbocycles. The van der Waals surface area contributed by atoms with Crippen LogP contribution in [-0.2, 0) is 9.47 Å². The minimum atomic E-state index is -1.38. The van der Waals surface area contributed by atoms with Gasteiger partial charge < -0.3 is 14.5 Å². The third-order valence-corrected chi connectivity index (χ3v) is 7.19. The zero-order valence-corrected chi connectivity index (χ0v) is 19.4. The SMILES string of the molecule is COC(=O)c1csc(C(=O)c2c[nH]c3cc(C(OCC[Si](C)(C)C)[N+](=O)[O-])ccc23)n1. The number of rotatable bonds is 9. The van der Waals surface area contributed by atoms with Crippen LogP contribution < -0.4 is 0 Å². The summed E-state index contributed by atoms with van der Waals surface area (Å²) in [5.74, 6) is -0.963. The highest BCUT2D eigenvalue weighted by Gasteiger charge is 2.26. The van der Waals surface area contributed by atoms with Crippen LogP contribution >= 0.6 is 11.3 Å². The van der Waals surface area contributed by atoms with Gasteiger partial charge in [0.15, 0.2) is 10.7 Å². The van der Waals surface area contributed by atoms with Crippen LogP contribution in [0.5, 0.6) is 0 Å². The molecule has 164 valence electrons. The van der Waals surface area contributed by atoms with Crippen LogP contribution in [0, 0.1) is 10.1 Å². The molecule has 0 saturated heterocycles. The van der Waals surface area contributed by atoms with Gasteiger partial charge in [0.1, 0.15) is 0 Å². The summed E-state index contributed by atoms with van der Waals surface area (Å²) in [6, 6.07) is 5.69. The molecule has 2 aromatic heterocycles. The van der Waals surface area contributed by atoms with Crippen molar-refractivity contribution >= 4 is 42.1 Å². The number of benzene rings is 1. The smallest absolute Gasteiger partial charge is 0.357 e. The van der Waals surface area contributed by atoms with Gasteiger partial charge in [-0.05, 0) is 18.2 Å². The summed E-state index contributed by atoms with van der Waals surface area (Å²) in [6.07, 6.45) is 0.258. The van der Waals surface area contributed by atoms with E-state index < -0.39 is 25.2 Å². The van der Waals surface area contributed by atoms with Gasteiger partial charge in [0.05, 0.1) is 29.8 Å². The predicted molar refractivity (Wildman–Crippen MR) is 119 cm³/mol. The monoisotopic (exact) mass is 461 g/mol. The summed E-state index contributed by atoms with van der Waals surface area (Å²) in [5, 5.41) is 13.8. The Morgan fingerprint density at radius 3 is 2.71 bits per heavy atom. The van der Waals surface area contributed by atoms with Gasteiger partial charge in [-0.15, -0.1) is 11.3 Å². The van der Waals surface area contributed by atoms with Crippen molar-refractivity contribution in [2.45, 2.75) is 31.9 Å². The molecule has 31 heavy (non-hydrogen) atoms. The van der Waals surface area contributed by atoms with E-state index in [9.17, 15) is 19.7 Å². The maximum Gasteiger partial charge on any atom is 0.357 e. The molecule has 0 bridgehead atoms. The van der Waals surface area contributed by atoms with Crippen LogP contribution in [0.2, 0.25) is 25.7 Å². The van der Waals surface area contributed by atoms with E-state index in [0.29, 0.717) is 28.6 Å². The highest BCUT2D eigenvalue weighted by Crippen LogP contribution is 2.27. The quantitative estimate of drug-likeness (QED) is 0.126. The van der Waals surface area contributed by atoms with Crippen molar-refractivity contribution < 1.29 is 24.0 Å². The first-order valence-corrected chi connectivity index (χ1v) is 14.1. The van der Waals surface area contributed by atoms with Crippen molar-refractivity contribution in [2.75, 3.05) is 13.7 Å². The van der Waals surface area contributed by atoms with Gasteiger partial charge in [-0.1, -0.05) is 25.7 Å². The van der Waals surface area contributed by atoms with E-state index in [1.807, 2.05) is 0 Å². The predicted octanol–water partition coefficient (Wildman–Crippen LogP) is 4.27. The van der Waals surface area contributed by atoms with E-state index in [1.54, 1.807) is 18.2 Å². The largest absolute Gasteiger partial charge is 0.464 e. The maximum atomic E-state index is 12.9. The van der Waals surface area contributed by atoms with E-state index in [1.165, 1.54) is 18.7 Å². The average molecular weight is 462 g/mol. The Labute approximate surface area is 183 Å². The van der Waals surface area contributed by atoms with Gasteiger partial charge in [0.2, 0.25) is 5.78 Å². The second kappa shape index (κ2) is 9.08. The number of nitrogens with one attached hydrogen (secondary N) is 1. The number of nitro groups is 1. The van der Waals surface area contributed by atoms with E-state index in [4.69, 9.17) is 4.74 Å². The van der Waals surface area contributed by atoms with Crippen molar-refractivity contribution in [1.82, 2.24) is 9.97 Å². The molecule has 3 aromatic rings. The number of fused-ring (bicyclic) bond motifs is 1. The number of esters is 1. The first kappa shape index (κ1) is 22.8. The standard InChI is InChI=1S/C20H23N3O6SSi/c1-28-20(25)16-11-30-18(22-16)17(24)14-10-21-15-9-12(5-6-13(14)15)19(23(26)27)29-7-8-31(2,3)4/h5-6,9-11,19,21H,7-8H2,1-4H3. The second-order valence-electron chi connectivity index (χ2n) is 8.19. The Morgan fingerprint density at radius 1 is 1.32 bits per heavy atom. The van der Waals surface area contributed by atoms with E-state index in [-0.39, 0.29) is 16.5 Å².